The van der Waals surface area contributed by atoms with Gasteiger partial charge in [-0.25, -0.2) is 0 Å². The largest absolute Gasteiger partial charge is 0.455 e. The molecule has 0 aliphatic carbocycles. The van der Waals surface area contributed by atoms with Crippen molar-refractivity contribution in [2.75, 3.05) is 26.7 Å². The van der Waals surface area contributed by atoms with Crippen molar-refractivity contribution < 1.29 is 33.8 Å². The summed E-state index contributed by atoms with van der Waals surface area (Å²) in [6.07, 6.45) is 4.57. The summed E-state index contributed by atoms with van der Waals surface area (Å²) in [6.45, 7) is 7.37. The number of carbonyl (C=O) groups is 4. The average molecular weight is 659 g/mol. The minimum atomic E-state index is -1.42. The highest BCUT2D eigenvalue weighted by Crippen LogP contribution is 2.59. The van der Waals surface area contributed by atoms with Crippen LogP contribution in [0.2, 0.25) is 0 Å². The number of hydrogen-bond acceptors (Lipinski definition) is 7. The van der Waals surface area contributed by atoms with Gasteiger partial charge in [0.1, 0.15) is 29.8 Å². The maximum Gasteiger partial charge on any atom is 0.313 e. The predicted octanol–water partition coefficient (Wildman–Crippen LogP) is 2.96. The molecule has 232 valence electrons. The molecule has 4 aliphatic heterocycles. The van der Waals surface area contributed by atoms with Gasteiger partial charge in [-0.2, -0.15) is 0 Å². The van der Waals surface area contributed by atoms with Gasteiger partial charge in [-0.1, -0.05) is 58.4 Å². The maximum atomic E-state index is 14.5. The Kier molecular flexibility index (Phi) is 8.63. The zero-order valence-corrected chi connectivity index (χ0v) is 26.8. The molecule has 5 rings (SSSR count). The number of halogens is 1. The van der Waals surface area contributed by atoms with E-state index in [4.69, 9.17) is 9.47 Å². The summed E-state index contributed by atoms with van der Waals surface area (Å²) < 4.78 is 13.3. The summed E-state index contributed by atoms with van der Waals surface area (Å²) in [5.74, 6) is -3.59. The lowest BCUT2D eigenvalue weighted by Crippen LogP contribution is -2.59. The number of aliphatic hydroxyl groups is 1. The number of nitrogens with zero attached hydrogens (tertiary/aromatic N) is 3. The van der Waals surface area contributed by atoms with Crippen molar-refractivity contribution in [2.24, 2.45) is 11.8 Å². The molecule has 4 heterocycles. The Balaban J connectivity index is 1.63. The number of β-amino-alcohol motifs (C(OH)–C–C–N with tert-alkyl or cyclic N) is 1. The van der Waals surface area contributed by atoms with Crippen LogP contribution in [0.5, 0.6) is 0 Å². The van der Waals surface area contributed by atoms with E-state index >= 15 is 0 Å². The fraction of sp³-hybridized carbons (Fsp3) is 0.562. The van der Waals surface area contributed by atoms with Gasteiger partial charge in [0.05, 0.1) is 18.6 Å². The Hall–Kier alpha value is -3.02. The van der Waals surface area contributed by atoms with Crippen molar-refractivity contribution in [3.63, 3.8) is 0 Å². The Morgan fingerprint density at radius 3 is 2.40 bits per heavy atom. The first-order chi connectivity index (χ1) is 20.3. The third-order valence-corrected chi connectivity index (χ3v) is 9.82. The van der Waals surface area contributed by atoms with Crippen LogP contribution in [-0.4, -0.2) is 99.6 Å². The van der Waals surface area contributed by atoms with Crippen molar-refractivity contribution in [1.82, 2.24) is 14.7 Å². The van der Waals surface area contributed by atoms with Crippen LogP contribution in [-0.2, 0) is 28.7 Å². The number of ether oxygens (including phenoxy) is 2. The predicted molar refractivity (Wildman–Crippen MR) is 162 cm³/mol. The number of rotatable bonds is 3. The normalized spacial score (nSPS) is 34.4. The van der Waals surface area contributed by atoms with E-state index in [2.05, 4.69) is 15.9 Å². The number of fused-ring (bicyclic) bond motifs is 2. The minimum absolute atomic E-state index is 0.0842. The highest BCUT2D eigenvalue weighted by atomic mass is 79.9. The maximum absolute atomic E-state index is 14.5. The lowest BCUT2D eigenvalue weighted by Gasteiger charge is -2.41. The zero-order chi connectivity index (χ0) is 31.3. The fourth-order valence-electron chi connectivity index (χ4n) is 6.86. The number of esters is 1. The molecule has 0 aromatic heterocycles. The average Bonchev–Trinajstić information content (AvgIpc) is 3.55. The first kappa shape index (κ1) is 31.4. The summed E-state index contributed by atoms with van der Waals surface area (Å²) in [5, 5.41) is 9.94. The molecule has 10 nitrogen and oxygen atoms in total. The molecule has 11 heteroatoms. The molecule has 1 N–H and O–H groups in total. The number of amides is 3. The van der Waals surface area contributed by atoms with E-state index in [9.17, 15) is 24.3 Å². The Labute approximate surface area is 260 Å². The molecule has 0 unspecified atom stereocenters. The fourth-order valence-corrected chi connectivity index (χ4v) is 7.59. The standard InChI is InChI=1S/C32H40BrN3O7/c1-19-25(20-12-8-6-9-13-20)42-30(41)23-24-28(39)35(16-17-37)27(32(24)18-21(33)26(23)43-32)29(40)36(31(2,3)4)15-11-7-10-14-22(38)34(19)5/h6-9,11-13,18-19,23-27,37H,10,14-17H2,1-5H3/b11-7-/t19-,23+,24-,25+,26+,27+,32-/m0/s1. The summed E-state index contributed by atoms with van der Waals surface area (Å²) >= 11 is 3.56. The van der Waals surface area contributed by atoms with E-state index in [0.29, 0.717) is 16.5 Å². The molecular formula is C32H40BrN3O7. The lowest BCUT2D eigenvalue weighted by atomic mass is 9.74. The van der Waals surface area contributed by atoms with Gasteiger partial charge in [-0.15, -0.1) is 0 Å². The van der Waals surface area contributed by atoms with Gasteiger partial charge in [0, 0.05) is 36.6 Å². The molecule has 2 fully saturated rings. The van der Waals surface area contributed by atoms with Crippen LogP contribution in [0.3, 0.4) is 0 Å². The van der Waals surface area contributed by atoms with Crippen LogP contribution >= 0.6 is 15.9 Å². The van der Waals surface area contributed by atoms with Gasteiger partial charge in [0.25, 0.3) is 0 Å². The lowest BCUT2D eigenvalue weighted by molar-refractivity contribution is -0.164. The van der Waals surface area contributed by atoms with Crippen molar-refractivity contribution in [3.05, 3.63) is 58.6 Å². The topological polar surface area (TPSA) is 117 Å². The molecular weight excluding hydrogens is 618 g/mol. The van der Waals surface area contributed by atoms with Crippen molar-refractivity contribution >= 4 is 39.6 Å². The number of likely N-dealkylation sites (tertiary alicyclic amines) is 1. The summed E-state index contributed by atoms with van der Waals surface area (Å²) in [7, 11) is 1.70. The van der Waals surface area contributed by atoms with E-state index < -0.39 is 59.1 Å². The van der Waals surface area contributed by atoms with Crippen LogP contribution in [0.25, 0.3) is 0 Å². The summed E-state index contributed by atoms with van der Waals surface area (Å²) in [6, 6.07) is 7.61. The number of benzene rings is 1. The second-order valence-electron chi connectivity index (χ2n) is 12.7. The molecule has 5 bridgehead atoms. The molecule has 3 amide bonds. The molecule has 43 heavy (non-hydrogen) atoms. The van der Waals surface area contributed by atoms with Crippen LogP contribution in [0.15, 0.2) is 53.0 Å². The van der Waals surface area contributed by atoms with Gasteiger partial charge in [0.2, 0.25) is 17.7 Å². The highest BCUT2D eigenvalue weighted by molar-refractivity contribution is 9.11. The van der Waals surface area contributed by atoms with Gasteiger partial charge < -0.3 is 29.3 Å². The van der Waals surface area contributed by atoms with Crippen molar-refractivity contribution in [1.29, 1.82) is 0 Å². The SMILES string of the molecule is C[C@H]1[C@H](c2ccccc2)OC(=O)[C@H]2[C@@H]3O[C@@]4(C=C3Br)[C@@H]2C(=O)N(CCO)[C@@H]4C(=O)N(C(C)(C)C)C/C=C\CCC(=O)N1C. The van der Waals surface area contributed by atoms with Crippen LogP contribution in [0.1, 0.15) is 52.2 Å². The first-order valence-corrected chi connectivity index (χ1v) is 15.6. The Morgan fingerprint density at radius 1 is 1.05 bits per heavy atom. The Bertz CT molecular complexity index is 1340. The van der Waals surface area contributed by atoms with E-state index in [1.54, 1.807) is 22.9 Å². The van der Waals surface area contributed by atoms with Crippen molar-refractivity contribution in [2.45, 2.75) is 76.0 Å². The first-order valence-electron chi connectivity index (χ1n) is 14.8. The molecule has 1 aromatic carbocycles. The van der Waals surface area contributed by atoms with Crippen LogP contribution in [0, 0.1) is 11.8 Å². The number of carbonyl (C=O) groups excluding carboxylic acids is 4. The monoisotopic (exact) mass is 657 g/mol. The van der Waals surface area contributed by atoms with Crippen molar-refractivity contribution in [3.8, 4) is 0 Å². The summed E-state index contributed by atoms with van der Waals surface area (Å²) in [5.41, 5.74) is -1.34. The van der Waals surface area contributed by atoms with Gasteiger partial charge in [-0.05, 0) is 45.8 Å². The number of aliphatic hydroxyl groups excluding tert-OH is 1. The van der Waals surface area contributed by atoms with E-state index in [0.717, 1.165) is 0 Å². The van der Waals surface area contributed by atoms with Crippen LogP contribution in [0.4, 0.5) is 0 Å². The van der Waals surface area contributed by atoms with Gasteiger partial charge in [0.15, 0.2) is 0 Å². The van der Waals surface area contributed by atoms with Gasteiger partial charge in [-0.3, -0.25) is 19.2 Å². The molecule has 0 radical (unpaired) electrons. The molecule has 7 atom stereocenters. The third kappa shape index (κ3) is 5.33. The van der Waals surface area contributed by atoms with Gasteiger partial charge >= 0.3 is 5.97 Å². The summed E-state index contributed by atoms with van der Waals surface area (Å²) in [4.78, 5) is 60.6. The number of cyclic esters (lactones) is 1. The number of allylic oxidation sites excluding steroid dienone is 1. The van der Waals surface area contributed by atoms with Crippen LogP contribution < -0.4 is 0 Å². The van der Waals surface area contributed by atoms with E-state index in [-0.39, 0.29) is 37.9 Å². The highest BCUT2D eigenvalue weighted by Gasteiger charge is 2.75. The number of hydrogen-bond donors (Lipinski definition) is 1. The molecule has 1 spiro atoms. The zero-order valence-electron chi connectivity index (χ0n) is 25.2. The second-order valence-corrected chi connectivity index (χ2v) is 13.6. The second kappa shape index (κ2) is 11.8. The third-order valence-electron chi connectivity index (χ3n) is 9.14. The molecule has 4 aliphatic rings. The Morgan fingerprint density at radius 2 is 1.74 bits per heavy atom. The minimum Gasteiger partial charge on any atom is -0.455 e. The molecule has 1 aromatic rings. The van der Waals surface area contributed by atoms with E-state index in [1.165, 1.54) is 4.90 Å². The number of likely N-dealkylation sites (N-methyl/N-ethyl adjacent to an activating group) is 1. The van der Waals surface area contributed by atoms with E-state index in [1.807, 2.05) is 70.2 Å². The smallest absolute Gasteiger partial charge is 0.313 e. The molecule has 2 saturated heterocycles. The quantitative estimate of drug-likeness (QED) is 0.392. The molecule has 0 saturated carbocycles.